The van der Waals surface area contributed by atoms with Crippen molar-refractivity contribution < 1.29 is 22.7 Å². The van der Waals surface area contributed by atoms with E-state index in [1.807, 2.05) is 20.8 Å². The summed E-state index contributed by atoms with van der Waals surface area (Å²) in [6, 6.07) is 4.54. The van der Waals surface area contributed by atoms with Gasteiger partial charge in [0, 0.05) is 19.0 Å². The fourth-order valence-corrected chi connectivity index (χ4v) is 2.89. The highest BCUT2D eigenvalue weighted by atomic mass is 19.4. The molecule has 7 heteroatoms. The molecule has 1 heterocycles. The smallest absolute Gasteiger partial charge is 0.378 e. The highest BCUT2D eigenvalue weighted by Gasteiger charge is 2.33. The van der Waals surface area contributed by atoms with Crippen LogP contribution in [0.2, 0.25) is 0 Å². The molecule has 1 fully saturated rings. The quantitative estimate of drug-likeness (QED) is 0.868. The molecule has 1 aromatic carbocycles. The van der Waals surface area contributed by atoms with E-state index in [0.717, 1.165) is 12.1 Å². The Labute approximate surface area is 146 Å². The van der Waals surface area contributed by atoms with E-state index in [1.54, 1.807) is 6.07 Å². The number of benzene rings is 1. The van der Waals surface area contributed by atoms with Crippen LogP contribution in [0.1, 0.15) is 44.4 Å². The van der Waals surface area contributed by atoms with Crippen LogP contribution in [0.25, 0.3) is 0 Å². The maximum atomic E-state index is 13.0. The average molecular weight is 358 g/mol. The summed E-state index contributed by atoms with van der Waals surface area (Å²) in [5, 5.41) is 6.09. The number of morpholine rings is 1. The molecule has 0 aliphatic carbocycles. The Hall–Kier alpha value is -1.60. The number of halogens is 3. The number of rotatable bonds is 4. The molecule has 1 amide bonds. The van der Waals surface area contributed by atoms with Crippen molar-refractivity contribution in [2.24, 2.45) is 5.41 Å². The number of hydrogen-bond donors (Lipinski definition) is 2. The molecule has 0 spiro atoms. The van der Waals surface area contributed by atoms with E-state index in [4.69, 9.17) is 4.74 Å². The van der Waals surface area contributed by atoms with Gasteiger partial charge in [-0.25, -0.2) is 0 Å². The second-order valence-electron chi connectivity index (χ2n) is 7.42. The van der Waals surface area contributed by atoms with Crippen LogP contribution in [0.5, 0.6) is 0 Å². The third kappa shape index (κ3) is 5.71. The van der Waals surface area contributed by atoms with Crippen molar-refractivity contribution in [2.45, 2.75) is 45.5 Å². The topological polar surface area (TPSA) is 50.4 Å². The highest BCUT2D eigenvalue weighted by Crippen LogP contribution is 2.36. The molecule has 2 atom stereocenters. The molecule has 140 valence electrons. The summed E-state index contributed by atoms with van der Waals surface area (Å²) < 4.78 is 44.3. The van der Waals surface area contributed by atoms with Crippen LogP contribution in [0.15, 0.2) is 24.3 Å². The molecular formula is C18H25F3N2O2. The van der Waals surface area contributed by atoms with Crippen LogP contribution in [0, 0.1) is 5.41 Å². The number of nitrogens with one attached hydrogen (secondary N) is 2. The normalized spacial score (nSPS) is 20.2. The van der Waals surface area contributed by atoms with E-state index in [-0.39, 0.29) is 18.4 Å². The minimum Gasteiger partial charge on any atom is -0.378 e. The predicted octanol–water partition coefficient (Wildman–Crippen LogP) is 3.29. The maximum absolute atomic E-state index is 13.0. The van der Waals surface area contributed by atoms with Gasteiger partial charge in [0.15, 0.2) is 0 Å². The van der Waals surface area contributed by atoms with Crippen molar-refractivity contribution >= 4 is 5.91 Å². The van der Waals surface area contributed by atoms with Gasteiger partial charge in [0.25, 0.3) is 0 Å². The summed E-state index contributed by atoms with van der Waals surface area (Å²) in [5.74, 6) is -0.208. The number of hydrogen-bond acceptors (Lipinski definition) is 3. The summed E-state index contributed by atoms with van der Waals surface area (Å²) in [4.78, 5) is 12.4. The second-order valence-corrected chi connectivity index (χ2v) is 7.42. The molecule has 1 aliphatic heterocycles. The zero-order valence-corrected chi connectivity index (χ0v) is 14.7. The molecule has 4 nitrogen and oxygen atoms in total. The Morgan fingerprint density at radius 1 is 1.36 bits per heavy atom. The van der Waals surface area contributed by atoms with Crippen molar-refractivity contribution in [3.63, 3.8) is 0 Å². The van der Waals surface area contributed by atoms with E-state index < -0.39 is 23.2 Å². The first-order valence-corrected chi connectivity index (χ1v) is 8.35. The molecule has 2 N–H and O–H groups in total. The number of carbonyl (C=O) groups is 1. The molecule has 0 bridgehead atoms. The van der Waals surface area contributed by atoms with Crippen LogP contribution in [-0.4, -0.2) is 31.7 Å². The first-order valence-electron chi connectivity index (χ1n) is 8.35. The molecule has 25 heavy (non-hydrogen) atoms. The Morgan fingerprint density at radius 3 is 2.64 bits per heavy atom. The standard InChI is InChI=1S/C18H25F3N2O2/c1-17(2,3)16(12-5-4-6-13(9-12)18(19,20)21)23-15(24)10-14-11-25-8-7-22-14/h4-6,9,14,16,22H,7-8,10-11H2,1-3H3,(H,23,24). The number of carbonyl (C=O) groups excluding carboxylic acids is 1. The van der Waals surface area contributed by atoms with E-state index in [2.05, 4.69) is 10.6 Å². The van der Waals surface area contributed by atoms with Gasteiger partial charge in [0.05, 0.1) is 24.8 Å². The minimum absolute atomic E-state index is 0.0733. The molecule has 0 aromatic heterocycles. The molecular weight excluding hydrogens is 333 g/mol. The molecule has 0 saturated carbocycles. The van der Waals surface area contributed by atoms with Gasteiger partial charge in [0.1, 0.15) is 0 Å². The van der Waals surface area contributed by atoms with Crippen molar-refractivity contribution in [2.75, 3.05) is 19.8 Å². The van der Waals surface area contributed by atoms with Gasteiger partial charge in [-0.15, -0.1) is 0 Å². The molecule has 1 aromatic rings. The lowest BCUT2D eigenvalue weighted by Gasteiger charge is -2.33. The number of alkyl halides is 3. The zero-order valence-electron chi connectivity index (χ0n) is 14.7. The molecule has 0 radical (unpaired) electrons. The van der Waals surface area contributed by atoms with E-state index >= 15 is 0 Å². The van der Waals surface area contributed by atoms with Crippen LogP contribution in [0.3, 0.4) is 0 Å². The van der Waals surface area contributed by atoms with Gasteiger partial charge >= 0.3 is 6.18 Å². The van der Waals surface area contributed by atoms with Crippen molar-refractivity contribution in [3.8, 4) is 0 Å². The fraction of sp³-hybridized carbons (Fsp3) is 0.611. The van der Waals surface area contributed by atoms with Gasteiger partial charge in [-0.3, -0.25) is 4.79 Å². The maximum Gasteiger partial charge on any atom is 0.416 e. The lowest BCUT2D eigenvalue weighted by atomic mass is 9.81. The Kier molecular flexibility index (Phi) is 6.11. The zero-order chi connectivity index (χ0) is 18.7. The molecule has 1 aliphatic rings. The SMILES string of the molecule is CC(C)(C)C(NC(=O)CC1COCCN1)c1cccc(C(F)(F)F)c1. The van der Waals surface area contributed by atoms with Gasteiger partial charge in [-0.2, -0.15) is 13.2 Å². The van der Waals surface area contributed by atoms with Gasteiger partial charge in [-0.1, -0.05) is 32.9 Å². The number of ether oxygens (including phenoxy) is 1. The molecule has 2 rings (SSSR count). The van der Waals surface area contributed by atoms with E-state index in [0.29, 0.717) is 25.3 Å². The number of amides is 1. The summed E-state index contributed by atoms with van der Waals surface area (Å²) in [7, 11) is 0. The molecule has 2 unspecified atom stereocenters. The Bertz CT molecular complexity index is 591. The van der Waals surface area contributed by atoms with Crippen LogP contribution >= 0.6 is 0 Å². The highest BCUT2D eigenvalue weighted by molar-refractivity contribution is 5.77. The van der Waals surface area contributed by atoms with E-state index in [9.17, 15) is 18.0 Å². The third-order valence-electron chi connectivity index (χ3n) is 4.15. The van der Waals surface area contributed by atoms with Crippen LogP contribution in [0.4, 0.5) is 13.2 Å². The largest absolute Gasteiger partial charge is 0.416 e. The fourth-order valence-electron chi connectivity index (χ4n) is 2.89. The summed E-state index contributed by atoms with van der Waals surface area (Å²) in [6.07, 6.45) is -4.18. The summed E-state index contributed by atoms with van der Waals surface area (Å²) in [6.45, 7) is 7.43. The van der Waals surface area contributed by atoms with E-state index in [1.165, 1.54) is 6.07 Å². The minimum atomic E-state index is -4.41. The lowest BCUT2D eigenvalue weighted by molar-refractivity contribution is -0.137. The predicted molar refractivity (Wildman–Crippen MR) is 89.0 cm³/mol. The monoisotopic (exact) mass is 358 g/mol. The van der Waals surface area contributed by atoms with Gasteiger partial charge in [0.2, 0.25) is 5.91 Å². The van der Waals surface area contributed by atoms with Crippen molar-refractivity contribution in [1.82, 2.24) is 10.6 Å². The lowest BCUT2D eigenvalue weighted by Crippen LogP contribution is -2.45. The second kappa shape index (κ2) is 7.74. The van der Waals surface area contributed by atoms with Gasteiger partial charge < -0.3 is 15.4 Å². The first-order chi connectivity index (χ1) is 11.6. The molecule has 1 saturated heterocycles. The first kappa shape index (κ1) is 19.7. The van der Waals surface area contributed by atoms with Gasteiger partial charge in [-0.05, 0) is 23.1 Å². The Morgan fingerprint density at radius 2 is 2.08 bits per heavy atom. The Balaban J connectivity index is 2.15. The van der Waals surface area contributed by atoms with Crippen LogP contribution < -0.4 is 10.6 Å². The van der Waals surface area contributed by atoms with Crippen LogP contribution in [-0.2, 0) is 15.7 Å². The summed E-state index contributed by atoms with van der Waals surface area (Å²) >= 11 is 0. The van der Waals surface area contributed by atoms with Crippen molar-refractivity contribution in [1.29, 1.82) is 0 Å². The average Bonchev–Trinajstić information content (AvgIpc) is 2.52. The van der Waals surface area contributed by atoms with Crippen molar-refractivity contribution in [3.05, 3.63) is 35.4 Å². The third-order valence-corrected chi connectivity index (χ3v) is 4.15. The summed E-state index contributed by atoms with van der Waals surface area (Å²) in [5.41, 5.74) is -0.699.